The Bertz CT molecular complexity index is 726. The minimum Gasteiger partial charge on any atom is -0.347 e. The largest absolute Gasteiger partial charge is 0.347 e. The van der Waals surface area contributed by atoms with Crippen LogP contribution in [0.1, 0.15) is 29.1 Å². The van der Waals surface area contributed by atoms with Crippen LogP contribution >= 0.6 is 22.7 Å². The number of aryl methyl sites for hydroxylation is 2. The first-order chi connectivity index (χ1) is 12.2. The summed E-state index contributed by atoms with van der Waals surface area (Å²) in [5, 5.41) is 3.12. The summed E-state index contributed by atoms with van der Waals surface area (Å²) < 4.78 is 11.5. The number of carbonyl (C=O) groups is 1. The van der Waals surface area contributed by atoms with E-state index >= 15 is 0 Å². The number of piperidine rings is 1. The molecule has 2 saturated heterocycles. The van der Waals surface area contributed by atoms with Gasteiger partial charge < -0.3 is 14.4 Å². The van der Waals surface area contributed by atoms with Crippen LogP contribution in [0.5, 0.6) is 0 Å². The van der Waals surface area contributed by atoms with E-state index in [1.54, 1.807) is 22.7 Å². The molecule has 0 saturated carbocycles. The Morgan fingerprint density at radius 2 is 2.08 bits per heavy atom. The van der Waals surface area contributed by atoms with Crippen LogP contribution in [-0.4, -0.2) is 47.9 Å². The zero-order valence-corrected chi connectivity index (χ0v) is 16.0. The zero-order valence-electron chi connectivity index (χ0n) is 14.3. The quantitative estimate of drug-likeness (QED) is 0.817. The van der Waals surface area contributed by atoms with Gasteiger partial charge in [0.15, 0.2) is 5.79 Å². The highest BCUT2D eigenvalue weighted by Gasteiger charge is 2.40. The Hall–Kier alpha value is -1.28. The van der Waals surface area contributed by atoms with Gasteiger partial charge in [-0.3, -0.25) is 4.79 Å². The third kappa shape index (κ3) is 3.65. The van der Waals surface area contributed by atoms with Crippen LogP contribution in [0.3, 0.4) is 0 Å². The van der Waals surface area contributed by atoms with Crippen molar-refractivity contribution in [2.24, 2.45) is 0 Å². The van der Waals surface area contributed by atoms with Crippen molar-refractivity contribution in [2.75, 3.05) is 26.3 Å². The molecule has 0 N–H and O–H groups in total. The van der Waals surface area contributed by atoms with E-state index in [-0.39, 0.29) is 5.91 Å². The van der Waals surface area contributed by atoms with Crippen molar-refractivity contribution in [1.29, 1.82) is 0 Å². The third-order valence-corrected chi connectivity index (χ3v) is 6.72. The van der Waals surface area contributed by atoms with Gasteiger partial charge in [-0.25, -0.2) is 4.98 Å². The molecule has 0 bridgehead atoms. The molecule has 0 radical (unpaired) electrons. The molecular formula is C18H22N2O3S2. The lowest BCUT2D eigenvalue weighted by Crippen LogP contribution is -2.47. The number of amides is 1. The summed E-state index contributed by atoms with van der Waals surface area (Å²) >= 11 is 3.40. The van der Waals surface area contributed by atoms with Crippen molar-refractivity contribution in [3.63, 3.8) is 0 Å². The summed E-state index contributed by atoms with van der Waals surface area (Å²) in [7, 11) is 0. The minimum absolute atomic E-state index is 0.219. The van der Waals surface area contributed by atoms with Crippen LogP contribution in [-0.2, 0) is 20.7 Å². The summed E-state index contributed by atoms with van der Waals surface area (Å²) in [5.74, 6) is -0.200. The SMILES string of the molecule is Cc1nc(-c2cccs2)c(CCC(=O)N2CCC3(CC2)OCCO3)s1. The summed E-state index contributed by atoms with van der Waals surface area (Å²) in [6.07, 6.45) is 2.85. The smallest absolute Gasteiger partial charge is 0.222 e. The molecule has 2 fully saturated rings. The van der Waals surface area contributed by atoms with E-state index in [4.69, 9.17) is 9.47 Å². The topological polar surface area (TPSA) is 51.7 Å². The van der Waals surface area contributed by atoms with Gasteiger partial charge in [0.2, 0.25) is 5.91 Å². The normalized spacial score (nSPS) is 19.6. The number of likely N-dealkylation sites (tertiary alicyclic amines) is 1. The van der Waals surface area contributed by atoms with Gasteiger partial charge in [0.1, 0.15) is 0 Å². The molecule has 0 unspecified atom stereocenters. The summed E-state index contributed by atoms with van der Waals surface area (Å²) in [4.78, 5) is 21.6. The lowest BCUT2D eigenvalue weighted by Gasteiger charge is -2.37. The molecule has 25 heavy (non-hydrogen) atoms. The van der Waals surface area contributed by atoms with Crippen molar-refractivity contribution in [3.05, 3.63) is 27.4 Å². The van der Waals surface area contributed by atoms with Crippen molar-refractivity contribution in [1.82, 2.24) is 9.88 Å². The Labute approximate surface area is 155 Å². The second-order valence-corrected chi connectivity index (χ2v) is 8.71. The highest BCUT2D eigenvalue weighted by Crippen LogP contribution is 2.33. The Kier molecular flexibility index (Phi) is 4.90. The zero-order chi connectivity index (χ0) is 17.3. The number of thiophene rings is 1. The van der Waals surface area contributed by atoms with Gasteiger partial charge in [0.25, 0.3) is 0 Å². The maximum absolute atomic E-state index is 12.6. The molecule has 5 nitrogen and oxygen atoms in total. The molecule has 2 aliphatic rings. The van der Waals surface area contributed by atoms with Crippen LogP contribution in [0.4, 0.5) is 0 Å². The predicted octanol–water partition coefficient (Wildman–Crippen LogP) is 3.48. The minimum atomic E-state index is -0.419. The average Bonchev–Trinajstić information content (AvgIpc) is 3.35. The molecule has 2 aliphatic heterocycles. The van der Waals surface area contributed by atoms with Gasteiger partial charge in [0, 0.05) is 37.2 Å². The second-order valence-electron chi connectivity index (χ2n) is 6.47. The fraction of sp³-hybridized carbons (Fsp3) is 0.556. The van der Waals surface area contributed by atoms with Gasteiger partial charge in [-0.05, 0) is 24.8 Å². The second kappa shape index (κ2) is 7.15. The number of nitrogens with zero attached hydrogens (tertiary/aromatic N) is 2. The summed E-state index contributed by atoms with van der Waals surface area (Å²) in [6.45, 7) is 4.81. The first-order valence-electron chi connectivity index (χ1n) is 8.71. The highest BCUT2D eigenvalue weighted by atomic mass is 32.1. The van der Waals surface area contributed by atoms with Crippen LogP contribution in [0, 0.1) is 6.92 Å². The molecule has 134 valence electrons. The number of rotatable bonds is 4. The number of thiazole rings is 1. The van der Waals surface area contributed by atoms with Crippen molar-refractivity contribution >= 4 is 28.6 Å². The van der Waals surface area contributed by atoms with Crippen LogP contribution in [0.15, 0.2) is 17.5 Å². The number of hydrogen-bond acceptors (Lipinski definition) is 6. The standard InChI is InChI=1S/C18H22N2O3S2/c1-13-19-17(14-3-2-12-24-14)15(25-13)4-5-16(21)20-8-6-18(7-9-20)22-10-11-23-18/h2-3,12H,4-11H2,1H3. The van der Waals surface area contributed by atoms with Crippen LogP contribution in [0.25, 0.3) is 10.6 Å². The lowest BCUT2D eigenvalue weighted by atomic mass is 10.0. The first kappa shape index (κ1) is 17.1. The van der Waals surface area contributed by atoms with Gasteiger partial charge in [-0.2, -0.15) is 0 Å². The van der Waals surface area contributed by atoms with Gasteiger partial charge in [0.05, 0.1) is 28.8 Å². The fourth-order valence-electron chi connectivity index (χ4n) is 3.51. The monoisotopic (exact) mass is 378 g/mol. The molecule has 4 rings (SSSR count). The van der Waals surface area contributed by atoms with Crippen LogP contribution in [0.2, 0.25) is 0 Å². The molecule has 4 heterocycles. The highest BCUT2D eigenvalue weighted by molar-refractivity contribution is 7.15. The molecule has 0 aliphatic carbocycles. The first-order valence-corrected chi connectivity index (χ1v) is 10.4. The molecule has 0 aromatic carbocycles. The number of hydrogen-bond donors (Lipinski definition) is 0. The maximum Gasteiger partial charge on any atom is 0.222 e. The Morgan fingerprint density at radius 3 is 2.76 bits per heavy atom. The summed E-state index contributed by atoms with van der Waals surface area (Å²) in [5.41, 5.74) is 1.05. The van der Waals surface area contributed by atoms with Gasteiger partial charge in [-0.15, -0.1) is 22.7 Å². The molecule has 2 aromatic rings. The summed E-state index contributed by atoms with van der Waals surface area (Å²) in [6, 6.07) is 4.14. The van der Waals surface area contributed by atoms with E-state index in [1.165, 1.54) is 9.75 Å². The maximum atomic E-state index is 12.6. The third-order valence-electron chi connectivity index (χ3n) is 4.82. The average molecular weight is 379 g/mol. The van der Waals surface area contributed by atoms with Crippen LogP contribution < -0.4 is 0 Å². The van der Waals surface area contributed by atoms with E-state index < -0.39 is 5.79 Å². The number of carbonyl (C=O) groups excluding carboxylic acids is 1. The number of ether oxygens (including phenoxy) is 2. The molecule has 1 spiro atoms. The fourth-order valence-corrected chi connectivity index (χ4v) is 5.26. The molecule has 0 atom stereocenters. The number of aromatic nitrogens is 1. The Morgan fingerprint density at radius 1 is 1.32 bits per heavy atom. The molecule has 1 amide bonds. The van der Waals surface area contributed by atoms with Gasteiger partial charge in [-0.1, -0.05) is 6.07 Å². The molecule has 2 aromatic heterocycles. The van der Waals surface area contributed by atoms with Gasteiger partial charge >= 0.3 is 0 Å². The molecule has 7 heteroatoms. The van der Waals surface area contributed by atoms with E-state index in [0.29, 0.717) is 19.6 Å². The Balaban J connectivity index is 1.35. The van der Waals surface area contributed by atoms with Crippen molar-refractivity contribution in [3.8, 4) is 10.6 Å². The van der Waals surface area contributed by atoms with E-state index in [2.05, 4.69) is 16.4 Å². The molecular weight excluding hydrogens is 356 g/mol. The van der Waals surface area contributed by atoms with Crippen molar-refractivity contribution < 1.29 is 14.3 Å². The van der Waals surface area contributed by atoms with Crippen molar-refractivity contribution in [2.45, 2.75) is 38.4 Å². The van der Waals surface area contributed by atoms with E-state index in [9.17, 15) is 4.79 Å². The predicted molar refractivity (Wildman–Crippen MR) is 98.9 cm³/mol. The lowest BCUT2D eigenvalue weighted by molar-refractivity contribution is -0.187. The van der Waals surface area contributed by atoms with E-state index in [0.717, 1.165) is 43.1 Å². The van der Waals surface area contributed by atoms with E-state index in [1.807, 2.05) is 17.9 Å².